The molecule has 120 valence electrons. The molecule has 0 amide bonds. The normalized spacial score (nSPS) is 19.6. The van der Waals surface area contributed by atoms with Crippen LogP contribution in [0, 0.1) is 5.92 Å². The lowest BCUT2D eigenvalue weighted by Crippen LogP contribution is -2.48. The minimum absolute atomic E-state index is 0.620. The highest BCUT2D eigenvalue weighted by Gasteiger charge is 2.17. The number of hydrogen-bond acceptors (Lipinski definition) is 5. The number of hydrogen-bond donors (Lipinski definition) is 1. The number of ether oxygens (including phenoxy) is 1. The predicted molar refractivity (Wildman–Crippen MR) is 93.8 cm³/mol. The van der Waals surface area contributed by atoms with Crippen LogP contribution in [-0.4, -0.2) is 67.5 Å². The summed E-state index contributed by atoms with van der Waals surface area (Å²) in [7, 11) is 1.66. The van der Waals surface area contributed by atoms with Crippen LogP contribution in [0.15, 0.2) is 0 Å². The molecule has 0 spiro atoms. The average molecular weight is 321 g/mol. The summed E-state index contributed by atoms with van der Waals surface area (Å²) in [6.07, 6.45) is 2.48. The van der Waals surface area contributed by atoms with E-state index < -0.39 is 0 Å². The molecule has 1 aliphatic heterocycles. The molecule has 1 aliphatic rings. The van der Waals surface area contributed by atoms with Crippen LogP contribution in [0.25, 0.3) is 0 Å². The van der Waals surface area contributed by atoms with E-state index in [-0.39, 0.29) is 0 Å². The summed E-state index contributed by atoms with van der Waals surface area (Å²) < 4.78 is 5.73. The summed E-state index contributed by atoms with van der Waals surface area (Å²) >= 11 is 4.28. The maximum absolute atomic E-state index is 5.73. The first-order chi connectivity index (χ1) is 9.61. The maximum Gasteiger partial charge on any atom is 0.0593 e. The van der Waals surface area contributed by atoms with Crippen molar-refractivity contribution in [3.05, 3.63) is 0 Å². The second-order valence-electron chi connectivity index (χ2n) is 6.21. The van der Waals surface area contributed by atoms with Crippen molar-refractivity contribution in [1.82, 2.24) is 9.80 Å². The Hall–Kier alpha value is 0.580. The van der Waals surface area contributed by atoms with E-state index in [4.69, 9.17) is 4.74 Å². The first kappa shape index (κ1) is 18.6. The predicted octanol–water partition coefficient (Wildman–Crippen LogP) is 3.02. The van der Waals surface area contributed by atoms with Gasteiger partial charge in [-0.3, -0.25) is 9.80 Å². The largest absolute Gasteiger partial charge is 0.380 e. The van der Waals surface area contributed by atoms with Gasteiger partial charge in [-0.25, -0.2) is 0 Å². The molecule has 3 nitrogen and oxygen atoms in total. The van der Waals surface area contributed by atoms with E-state index in [0.29, 0.717) is 5.25 Å². The molecule has 5 heteroatoms. The summed E-state index contributed by atoms with van der Waals surface area (Å²) in [5.74, 6) is 0.796. The van der Waals surface area contributed by atoms with Crippen LogP contribution >= 0.6 is 22.5 Å². The summed E-state index contributed by atoms with van der Waals surface area (Å²) in [6, 6.07) is 0. The lowest BCUT2D eigenvalue weighted by molar-refractivity contribution is 0.0736. The Bertz CT molecular complexity index is 234. The van der Waals surface area contributed by atoms with Gasteiger partial charge in [0, 0.05) is 51.1 Å². The van der Waals surface area contributed by atoms with Gasteiger partial charge in [0.25, 0.3) is 0 Å². The van der Waals surface area contributed by atoms with Crippen LogP contribution in [0.2, 0.25) is 0 Å². The summed E-state index contributed by atoms with van der Waals surface area (Å²) in [5.41, 5.74) is 0. The molecule has 0 aromatic rings. The third kappa shape index (κ3) is 8.78. The molecule has 0 aromatic carbocycles. The van der Waals surface area contributed by atoms with Crippen molar-refractivity contribution < 1.29 is 4.74 Å². The lowest BCUT2D eigenvalue weighted by Gasteiger charge is -2.35. The molecule has 1 fully saturated rings. The molecule has 20 heavy (non-hydrogen) atoms. The molecular weight excluding hydrogens is 288 g/mol. The number of rotatable bonds is 10. The highest BCUT2D eigenvalue weighted by Crippen LogP contribution is 2.16. The minimum Gasteiger partial charge on any atom is -0.380 e. The first-order valence-electron chi connectivity index (χ1n) is 7.94. The van der Waals surface area contributed by atoms with Crippen LogP contribution < -0.4 is 0 Å². The van der Waals surface area contributed by atoms with Crippen molar-refractivity contribution in [1.29, 1.82) is 0 Å². The van der Waals surface area contributed by atoms with Crippen molar-refractivity contribution in [3.63, 3.8) is 0 Å². The Labute approximate surface area is 134 Å². The number of thiol groups is 1. The zero-order valence-corrected chi connectivity index (χ0v) is 15.1. The molecule has 0 saturated carbocycles. The topological polar surface area (TPSA) is 15.7 Å². The quantitative estimate of drug-likeness (QED) is 0.378. The standard InChI is InChI=1S/C15H32N2OS2/c1-14(2)5-4-11-18-12-10-16-6-8-17(9-7-16)13-15(3)20-19/h14-15,19H,4-13H2,1-3H3. The fraction of sp³-hybridized carbons (Fsp3) is 1.00. The molecule has 0 bridgehead atoms. The summed E-state index contributed by atoms with van der Waals surface area (Å²) in [4.78, 5) is 5.07. The van der Waals surface area contributed by atoms with Gasteiger partial charge in [-0.2, -0.15) is 0 Å². The third-order valence-electron chi connectivity index (χ3n) is 3.78. The SMILES string of the molecule is CC(C)CCCOCCN1CCN(CC(C)SS)CC1. The van der Waals surface area contributed by atoms with Gasteiger partial charge in [-0.1, -0.05) is 31.6 Å². The van der Waals surface area contributed by atoms with Gasteiger partial charge < -0.3 is 4.74 Å². The molecule has 0 radical (unpaired) electrons. The number of piperazine rings is 1. The van der Waals surface area contributed by atoms with Gasteiger partial charge >= 0.3 is 0 Å². The van der Waals surface area contributed by atoms with E-state index in [2.05, 4.69) is 42.2 Å². The molecule has 1 atom stereocenters. The second-order valence-corrected chi connectivity index (χ2v) is 7.85. The average Bonchev–Trinajstić information content (AvgIpc) is 2.44. The Morgan fingerprint density at radius 1 is 1.05 bits per heavy atom. The summed E-state index contributed by atoms with van der Waals surface area (Å²) in [5, 5.41) is 0.620. The molecule has 0 aromatic heterocycles. The van der Waals surface area contributed by atoms with E-state index in [1.165, 1.54) is 39.0 Å². The van der Waals surface area contributed by atoms with Crippen LogP contribution in [0.5, 0.6) is 0 Å². The third-order valence-corrected chi connectivity index (χ3v) is 5.37. The highest BCUT2D eigenvalue weighted by atomic mass is 33.1. The van der Waals surface area contributed by atoms with Gasteiger partial charge in [-0.05, 0) is 18.8 Å². The van der Waals surface area contributed by atoms with Crippen molar-refractivity contribution >= 4 is 22.5 Å². The molecule has 1 rings (SSSR count). The van der Waals surface area contributed by atoms with Crippen molar-refractivity contribution in [2.75, 3.05) is 52.5 Å². The van der Waals surface area contributed by atoms with Gasteiger partial charge in [0.2, 0.25) is 0 Å². The Kier molecular flexibility index (Phi) is 10.4. The Morgan fingerprint density at radius 3 is 2.30 bits per heavy atom. The van der Waals surface area contributed by atoms with E-state index in [1.807, 2.05) is 0 Å². The zero-order chi connectivity index (χ0) is 14.8. The Balaban J connectivity index is 1.97. The molecule has 0 aliphatic carbocycles. The zero-order valence-electron chi connectivity index (χ0n) is 13.4. The van der Waals surface area contributed by atoms with E-state index in [0.717, 1.165) is 32.2 Å². The van der Waals surface area contributed by atoms with Gasteiger partial charge in [0.05, 0.1) is 6.61 Å². The van der Waals surface area contributed by atoms with Crippen LogP contribution in [0.4, 0.5) is 0 Å². The van der Waals surface area contributed by atoms with E-state index in [1.54, 1.807) is 10.8 Å². The molecular formula is C15H32N2OS2. The monoisotopic (exact) mass is 320 g/mol. The minimum atomic E-state index is 0.620. The Morgan fingerprint density at radius 2 is 1.70 bits per heavy atom. The van der Waals surface area contributed by atoms with E-state index >= 15 is 0 Å². The van der Waals surface area contributed by atoms with Crippen molar-refractivity contribution in [2.45, 2.75) is 38.9 Å². The van der Waals surface area contributed by atoms with Crippen LogP contribution in [0.3, 0.4) is 0 Å². The molecule has 1 heterocycles. The molecule has 0 N–H and O–H groups in total. The van der Waals surface area contributed by atoms with E-state index in [9.17, 15) is 0 Å². The molecule has 1 saturated heterocycles. The summed E-state index contributed by atoms with van der Waals surface area (Å²) in [6.45, 7) is 15.6. The van der Waals surface area contributed by atoms with Crippen LogP contribution in [-0.2, 0) is 4.74 Å². The maximum atomic E-state index is 5.73. The van der Waals surface area contributed by atoms with Crippen molar-refractivity contribution in [3.8, 4) is 0 Å². The second kappa shape index (κ2) is 11.2. The van der Waals surface area contributed by atoms with Gasteiger partial charge in [0.1, 0.15) is 0 Å². The van der Waals surface area contributed by atoms with Crippen LogP contribution in [0.1, 0.15) is 33.6 Å². The van der Waals surface area contributed by atoms with Gasteiger partial charge in [-0.15, -0.1) is 11.7 Å². The smallest absolute Gasteiger partial charge is 0.0593 e. The van der Waals surface area contributed by atoms with Gasteiger partial charge in [0.15, 0.2) is 0 Å². The van der Waals surface area contributed by atoms with Crippen molar-refractivity contribution in [2.24, 2.45) is 5.92 Å². The lowest BCUT2D eigenvalue weighted by atomic mass is 10.1. The fourth-order valence-corrected chi connectivity index (χ4v) is 2.96. The number of nitrogens with zero attached hydrogens (tertiary/aromatic N) is 2. The fourth-order valence-electron chi connectivity index (χ4n) is 2.48. The first-order valence-corrected chi connectivity index (χ1v) is 9.87. The molecule has 1 unspecified atom stereocenters. The highest BCUT2D eigenvalue weighted by molar-refractivity contribution is 8.68.